The minimum Gasteiger partial charge on any atom is -0.352 e. The molecular weight excluding hydrogens is 438 g/mol. The number of rotatable bonds is 7. The summed E-state index contributed by atoms with van der Waals surface area (Å²) in [7, 11) is -3.65. The van der Waals surface area contributed by atoms with Crippen molar-refractivity contribution in [2.45, 2.75) is 57.5 Å². The van der Waals surface area contributed by atoms with Crippen LogP contribution in [0.1, 0.15) is 50.3 Å². The molecule has 1 saturated heterocycles. The number of amides is 1. The van der Waals surface area contributed by atoms with Crippen LogP contribution < -0.4 is 5.32 Å². The highest BCUT2D eigenvalue weighted by Gasteiger charge is 2.32. The molecule has 1 aliphatic heterocycles. The molecule has 1 aromatic heterocycles. The third-order valence-corrected chi connectivity index (χ3v) is 8.36. The molecule has 3 aromatic rings. The number of nitrogens with zero attached hydrogens (tertiary/aromatic N) is 4. The number of piperidine rings is 1. The first-order chi connectivity index (χ1) is 15.8. The molecule has 33 heavy (non-hydrogen) atoms. The van der Waals surface area contributed by atoms with E-state index in [0.29, 0.717) is 38.0 Å². The van der Waals surface area contributed by atoms with Gasteiger partial charge in [-0.2, -0.15) is 4.31 Å². The number of nitrogens with one attached hydrogen (secondary N) is 1. The van der Waals surface area contributed by atoms with Gasteiger partial charge in [0.15, 0.2) is 0 Å². The van der Waals surface area contributed by atoms with Gasteiger partial charge in [0.05, 0.1) is 16.5 Å². The van der Waals surface area contributed by atoms with E-state index >= 15 is 0 Å². The molecule has 0 unspecified atom stereocenters. The van der Waals surface area contributed by atoms with Crippen molar-refractivity contribution >= 4 is 27.0 Å². The third kappa shape index (κ3) is 4.94. The van der Waals surface area contributed by atoms with E-state index in [1.807, 2.05) is 35.9 Å². The van der Waals surface area contributed by atoms with Crippen LogP contribution in [0.25, 0.3) is 11.0 Å². The SMILES string of the molecule is CC[C@@H](C)n1nnc2cc(S(=O)(=O)N3CCC(C(=O)NCc4cccc(C)c4)CC3)ccc21. The zero-order valence-electron chi connectivity index (χ0n) is 19.4. The molecular formula is C24H31N5O3S. The van der Waals surface area contributed by atoms with Crippen molar-refractivity contribution in [2.24, 2.45) is 5.92 Å². The highest BCUT2D eigenvalue weighted by atomic mass is 32.2. The van der Waals surface area contributed by atoms with Crippen LogP contribution >= 0.6 is 0 Å². The van der Waals surface area contributed by atoms with Gasteiger partial charge < -0.3 is 5.32 Å². The number of sulfonamides is 1. The van der Waals surface area contributed by atoms with Crippen LogP contribution in [-0.4, -0.2) is 46.7 Å². The first kappa shape index (κ1) is 23.4. The topological polar surface area (TPSA) is 97.2 Å². The van der Waals surface area contributed by atoms with Crippen LogP contribution in [0.3, 0.4) is 0 Å². The Morgan fingerprint density at radius 1 is 1.18 bits per heavy atom. The predicted molar refractivity (Wildman–Crippen MR) is 127 cm³/mol. The number of aryl methyl sites for hydroxylation is 1. The molecule has 4 rings (SSSR count). The molecule has 0 saturated carbocycles. The van der Waals surface area contributed by atoms with Gasteiger partial charge in [0.25, 0.3) is 0 Å². The van der Waals surface area contributed by atoms with Crippen molar-refractivity contribution in [2.75, 3.05) is 13.1 Å². The largest absolute Gasteiger partial charge is 0.352 e. The summed E-state index contributed by atoms with van der Waals surface area (Å²) in [5, 5.41) is 11.4. The highest BCUT2D eigenvalue weighted by Crippen LogP contribution is 2.27. The Morgan fingerprint density at radius 2 is 1.94 bits per heavy atom. The average molecular weight is 470 g/mol. The number of aromatic nitrogens is 3. The van der Waals surface area contributed by atoms with E-state index in [4.69, 9.17) is 0 Å². The highest BCUT2D eigenvalue weighted by molar-refractivity contribution is 7.89. The van der Waals surface area contributed by atoms with Gasteiger partial charge in [-0.15, -0.1) is 5.10 Å². The molecule has 0 bridgehead atoms. The summed E-state index contributed by atoms with van der Waals surface area (Å²) in [6.45, 7) is 7.28. The Hall–Kier alpha value is -2.78. The molecule has 1 fully saturated rings. The van der Waals surface area contributed by atoms with Gasteiger partial charge in [0.1, 0.15) is 5.52 Å². The van der Waals surface area contributed by atoms with E-state index < -0.39 is 10.0 Å². The predicted octanol–water partition coefficient (Wildman–Crippen LogP) is 3.43. The maximum atomic E-state index is 13.2. The second-order valence-corrected chi connectivity index (χ2v) is 10.8. The average Bonchev–Trinajstić information content (AvgIpc) is 3.25. The van der Waals surface area contributed by atoms with Crippen molar-refractivity contribution in [3.8, 4) is 0 Å². The number of carbonyl (C=O) groups excluding carboxylic acids is 1. The van der Waals surface area contributed by atoms with Gasteiger partial charge in [-0.25, -0.2) is 13.1 Å². The van der Waals surface area contributed by atoms with E-state index in [2.05, 4.69) is 29.5 Å². The first-order valence-corrected chi connectivity index (χ1v) is 12.9. The fraction of sp³-hybridized carbons (Fsp3) is 0.458. The summed E-state index contributed by atoms with van der Waals surface area (Å²) in [5.41, 5.74) is 3.61. The Bertz CT molecular complexity index is 1250. The lowest BCUT2D eigenvalue weighted by atomic mass is 9.97. The molecule has 0 radical (unpaired) electrons. The smallest absolute Gasteiger partial charge is 0.243 e. The first-order valence-electron chi connectivity index (χ1n) is 11.5. The van der Waals surface area contributed by atoms with Crippen LogP contribution in [0, 0.1) is 12.8 Å². The number of benzene rings is 2. The van der Waals surface area contributed by atoms with E-state index in [1.165, 1.54) is 4.31 Å². The molecule has 9 heteroatoms. The summed E-state index contributed by atoms with van der Waals surface area (Å²) < 4.78 is 29.7. The van der Waals surface area contributed by atoms with Crippen molar-refractivity contribution in [1.82, 2.24) is 24.6 Å². The molecule has 2 heterocycles. The zero-order valence-corrected chi connectivity index (χ0v) is 20.2. The van der Waals surface area contributed by atoms with Crippen molar-refractivity contribution in [3.63, 3.8) is 0 Å². The van der Waals surface area contributed by atoms with Crippen LogP contribution in [0.4, 0.5) is 0 Å². The second kappa shape index (κ2) is 9.61. The normalized spacial score (nSPS) is 16.7. The van der Waals surface area contributed by atoms with Gasteiger partial charge in [-0.3, -0.25) is 4.79 Å². The van der Waals surface area contributed by atoms with Gasteiger partial charge in [0.2, 0.25) is 15.9 Å². The van der Waals surface area contributed by atoms with Crippen LogP contribution in [0.5, 0.6) is 0 Å². The molecule has 1 N–H and O–H groups in total. The number of hydrogen-bond donors (Lipinski definition) is 1. The molecule has 1 amide bonds. The van der Waals surface area contributed by atoms with E-state index in [9.17, 15) is 13.2 Å². The molecule has 176 valence electrons. The monoisotopic (exact) mass is 469 g/mol. The van der Waals surface area contributed by atoms with Gasteiger partial charge in [0, 0.05) is 25.6 Å². The Morgan fingerprint density at radius 3 is 2.64 bits per heavy atom. The summed E-state index contributed by atoms with van der Waals surface area (Å²) >= 11 is 0. The molecule has 2 aromatic carbocycles. The summed E-state index contributed by atoms with van der Waals surface area (Å²) in [6.07, 6.45) is 1.92. The molecule has 1 aliphatic rings. The molecule has 1 atom stereocenters. The molecule has 0 aliphatic carbocycles. The fourth-order valence-corrected chi connectivity index (χ4v) is 5.73. The minimum absolute atomic E-state index is 0.0170. The standard InChI is InChI=1S/C24H31N5O3S/c1-4-18(3)29-23-9-8-21(15-22(23)26-27-29)33(31,32)28-12-10-20(11-13-28)24(30)25-16-19-7-5-6-17(2)14-19/h5-9,14-15,18,20H,4,10-13,16H2,1-3H3,(H,25,30)/t18-/m1/s1. The Balaban J connectivity index is 1.39. The van der Waals surface area contributed by atoms with Crippen molar-refractivity contribution < 1.29 is 13.2 Å². The van der Waals surface area contributed by atoms with E-state index in [0.717, 1.165) is 23.1 Å². The minimum atomic E-state index is -3.65. The lowest BCUT2D eigenvalue weighted by Crippen LogP contribution is -2.42. The van der Waals surface area contributed by atoms with E-state index in [1.54, 1.807) is 18.2 Å². The van der Waals surface area contributed by atoms with Crippen LogP contribution in [0.2, 0.25) is 0 Å². The summed E-state index contributed by atoms with van der Waals surface area (Å²) in [4.78, 5) is 12.8. The van der Waals surface area contributed by atoms with Gasteiger partial charge in [-0.05, 0) is 56.9 Å². The van der Waals surface area contributed by atoms with Crippen molar-refractivity contribution in [1.29, 1.82) is 0 Å². The Kier molecular flexibility index (Phi) is 6.81. The maximum Gasteiger partial charge on any atom is 0.243 e. The van der Waals surface area contributed by atoms with Gasteiger partial charge in [-0.1, -0.05) is 42.0 Å². The van der Waals surface area contributed by atoms with Crippen molar-refractivity contribution in [3.05, 3.63) is 53.6 Å². The summed E-state index contributed by atoms with van der Waals surface area (Å²) in [6, 6.07) is 13.2. The molecule has 0 spiro atoms. The second-order valence-electron chi connectivity index (χ2n) is 8.83. The van der Waals surface area contributed by atoms with Crippen LogP contribution in [0.15, 0.2) is 47.4 Å². The third-order valence-electron chi connectivity index (χ3n) is 6.46. The van der Waals surface area contributed by atoms with Gasteiger partial charge >= 0.3 is 0 Å². The quantitative estimate of drug-likeness (QED) is 0.572. The van der Waals surface area contributed by atoms with Crippen LogP contribution in [-0.2, 0) is 21.4 Å². The fourth-order valence-electron chi connectivity index (χ4n) is 4.24. The maximum absolute atomic E-state index is 13.2. The number of fused-ring (bicyclic) bond motifs is 1. The Labute approximate surface area is 195 Å². The lowest BCUT2D eigenvalue weighted by molar-refractivity contribution is -0.126. The zero-order chi connectivity index (χ0) is 23.6. The van der Waals surface area contributed by atoms with E-state index in [-0.39, 0.29) is 22.8 Å². The number of hydrogen-bond acceptors (Lipinski definition) is 5. The molecule has 8 nitrogen and oxygen atoms in total. The number of carbonyl (C=O) groups is 1. The summed E-state index contributed by atoms with van der Waals surface area (Å²) in [5.74, 6) is -0.198. The lowest BCUT2D eigenvalue weighted by Gasteiger charge is -2.30.